The minimum atomic E-state index is 0.0722. The smallest absolute Gasteiger partial charge is 0.152 e. The Morgan fingerprint density at radius 2 is 1.73 bits per heavy atom. The molecule has 0 bridgehead atoms. The van der Waals surface area contributed by atoms with Crippen LogP contribution in [0, 0.1) is 5.41 Å². The van der Waals surface area contributed by atoms with Crippen LogP contribution in [0.2, 0.25) is 0 Å². The van der Waals surface area contributed by atoms with Gasteiger partial charge in [-0.1, -0.05) is 20.8 Å². The summed E-state index contributed by atoms with van der Waals surface area (Å²) in [6.07, 6.45) is 4.20. The molecule has 2 aliphatic rings. The normalized spacial score (nSPS) is 21.6. The fourth-order valence-corrected chi connectivity index (χ4v) is 4.26. The highest BCUT2D eigenvalue weighted by Crippen LogP contribution is 2.39. The minimum Gasteiger partial charge on any atom is -0.332 e. The van der Waals surface area contributed by atoms with E-state index in [4.69, 9.17) is 5.10 Å². The van der Waals surface area contributed by atoms with Crippen molar-refractivity contribution in [3.05, 3.63) is 29.7 Å². The predicted molar refractivity (Wildman–Crippen MR) is 104 cm³/mol. The lowest BCUT2D eigenvalue weighted by molar-refractivity contribution is 0.0757. The fourth-order valence-electron chi connectivity index (χ4n) is 4.26. The molecule has 0 radical (unpaired) electrons. The second-order valence-corrected chi connectivity index (χ2v) is 9.77. The summed E-state index contributed by atoms with van der Waals surface area (Å²) in [4.78, 5) is 4.95. The lowest BCUT2D eigenvalue weighted by Gasteiger charge is -2.44. The van der Waals surface area contributed by atoms with Crippen LogP contribution in [0.15, 0.2) is 18.3 Å². The van der Waals surface area contributed by atoms with Crippen molar-refractivity contribution >= 4 is 5.82 Å². The molecule has 6 heteroatoms. The van der Waals surface area contributed by atoms with Gasteiger partial charge in [-0.3, -0.25) is 9.58 Å². The maximum atomic E-state index is 5.02. The molecule has 2 aliphatic heterocycles. The lowest BCUT2D eigenvalue weighted by Crippen LogP contribution is -2.47. The number of aromatic nitrogens is 4. The molecule has 1 unspecified atom stereocenters. The van der Waals surface area contributed by atoms with E-state index in [9.17, 15) is 0 Å². The average Bonchev–Trinajstić information content (AvgIpc) is 3.17. The molecule has 0 aliphatic carbocycles. The molecule has 4 rings (SSSR count). The first-order chi connectivity index (χ1) is 12.1. The molecule has 0 N–H and O–H groups in total. The van der Waals surface area contributed by atoms with Crippen molar-refractivity contribution in [1.82, 2.24) is 24.5 Å². The van der Waals surface area contributed by atoms with Gasteiger partial charge in [-0.2, -0.15) is 10.2 Å². The van der Waals surface area contributed by atoms with Crippen LogP contribution < -0.4 is 4.90 Å². The van der Waals surface area contributed by atoms with E-state index in [1.54, 1.807) is 0 Å². The largest absolute Gasteiger partial charge is 0.332 e. The summed E-state index contributed by atoms with van der Waals surface area (Å²) in [5.41, 5.74) is 2.92. The minimum absolute atomic E-state index is 0.0722. The zero-order chi connectivity index (χ0) is 18.7. The zero-order valence-electron chi connectivity index (χ0n) is 17.0. The fraction of sp³-hybridized carbons (Fsp3) is 0.700. The van der Waals surface area contributed by atoms with Crippen molar-refractivity contribution in [2.75, 3.05) is 18.0 Å². The van der Waals surface area contributed by atoms with E-state index in [1.165, 1.54) is 11.4 Å². The van der Waals surface area contributed by atoms with Gasteiger partial charge in [0.1, 0.15) is 6.17 Å². The molecule has 1 atom stereocenters. The van der Waals surface area contributed by atoms with E-state index in [1.807, 2.05) is 6.20 Å². The summed E-state index contributed by atoms with van der Waals surface area (Å²) in [5, 5.41) is 9.66. The SMILES string of the molecule is CC(C)(C)C1N(c2cc3n(n2)CN(C(C)(C)C)CC3)CCc2ccnn21. The molecule has 26 heavy (non-hydrogen) atoms. The van der Waals surface area contributed by atoms with Crippen LogP contribution in [0.4, 0.5) is 5.82 Å². The summed E-state index contributed by atoms with van der Waals surface area (Å²) >= 11 is 0. The van der Waals surface area contributed by atoms with Crippen molar-refractivity contribution in [1.29, 1.82) is 0 Å². The van der Waals surface area contributed by atoms with Crippen molar-refractivity contribution in [3.63, 3.8) is 0 Å². The third-order valence-corrected chi connectivity index (χ3v) is 5.70. The molecule has 2 aromatic rings. The number of rotatable bonds is 1. The molecule has 4 heterocycles. The molecule has 0 aromatic carbocycles. The van der Waals surface area contributed by atoms with Crippen LogP contribution >= 0.6 is 0 Å². The van der Waals surface area contributed by atoms with Crippen molar-refractivity contribution in [3.8, 4) is 0 Å². The number of nitrogens with zero attached hydrogens (tertiary/aromatic N) is 6. The lowest BCUT2D eigenvalue weighted by atomic mass is 9.89. The van der Waals surface area contributed by atoms with E-state index in [2.05, 4.69) is 77.9 Å². The average molecular weight is 357 g/mol. The van der Waals surface area contributed by atoms with Crippen molar-refractivity contribution < 1.29 is 0 Å². The number of anilines is 1. The molecule has 0 amide bonds. The molecule has 6 nitrogen and oxygen atoms in total. The zero-order valence-corrected chi connectivity index (χ0v) is 17.0. The van der Waals surface area contributed by atoms with Gasteiger partial charge in [0.25, 0.3) is 0 Å². The van der Waals surface area contributed by atoms with Crippen LogP contribution in [-0.2, 0) is 19.5 Å². The van der Waals surface area contributed by atoms with E-state index in [0.29, 0.717) is 0 Å². The van der Waals surface area contributed by atoms with Gasteiger partial charge in [-0.05, 0) is 26.8 Å². The number of fused-ring (bicyclic) bond motifs is 2. The van der Waals surface area contributed by atoms with Crippen LogP contribution in [0.3, 0.4) is 0 Å². The third kappa shape index (κ3) is 2.94. The van der Waals surface area contributed by atoms with Gasteiger partial charge in [-0.15, -0.1) is 0 Å². The number of hydrogen-bond acceptors (Lipinski definition) is 4. The molecule has 142 valence electrons. The summed E-state index contributed by atoms with van der Waals surface area (Å²) in [5.74, 6) is 1.09. The first-order valence-corrected chi connectivity index (χ1v) is 9.75. The highest BCUT2D eigenvalue weighted by molar-refractivity contribution is 5.43. The van der Waals surface area contributed by atoms with E-state index < -0.39 is 0 Å². The molecule has 0 saturated carbocycles. The van der Waals surface area contributed by atoms with Gasteiger partial charge in [0.15, 0.2) is 5.82 Å². The Labute approximate surface area is 156 Å². The van der Waals surface area contributed by atoms with Gasteiger partial charge < -0.3 is 4.90 Å². The van der Waals surface area contributed by atoms with Crippen LogP contribution in [0.1, 0.15) is 59.1 Å². The Bertz CT molecular complexity index is 788. The quantitative estimate of drug-likeness (QED) is 0.786. The summed E-state index contributed by atoms with van der Waals surface area (Å²) in [6.45, 7) is 16.7. The summed E-state index contributed by atoms with van der Waals surface area (Å²) in [7, 11) is 0. The molecular formula is C20H32N6. The highest BCUT2D eigenvalue weighted by Gasteiger charge is 2.38. The van der Waals surface area contributed by atoms with Gasteiger partial charge in [-0.25, -0.2) is 4.68 Å². The van der Waals surface area contributed by atoms with Crippen molar-refractivity contribution in [2.45, 2.75) is 72.8 Å². The second-order valence-electron chi connectivity index (χ2n) is 9.77. The third-order valence-electron chi connectivity index (χ3n) is 5.70. The Morgan fingerprint density at radius 1 is 1.00 bits per heavy atom. The standard InChI is InChI=1S/C20H32N6/c1-19(2,3)18-24(12-9-15-7-10-21-26(15)18)17-13-16-8-11-23(20(4,5)6)14-25(16)22-17/h7,10,13,18H,8-9,11-12,14H2,1-6H3. The second kappa shape index (κ2) is 5.84. The van der Waals surface area contributed by atoms with Crippen LogP contribution in [0.5, 0.6) is 0 Å². The monoisotopic (exact) mass is 356 g/mol. The highest BCUT2D eigenvalue weighted by atomic mass is 15.5. The first-order valence-electron chi connectivity index (χ1n) is 9.75. The Morgan fingerprint density at radius 3 is 2.42 bits per heavy atom. The van der Waals surface area contributed by atoms with Gasteiger partial charge in [0.05, 0.1) is 6.67 Å². The van der Waals surface area contributed by atoms with E-state index >= 15 is 0 Å². The topological polar surface area (TPSA) is 42.1 Å². The predicted octanol–water partition coefficient (Wildman–Crippen LogP) is 3.30. The summed E-state index contributed by atoms with van der Waals surface area (Å²) in [6, 6.07) is 4.45. The summed E-state index contributed by atoms with van der Waals surface area (Å²) < 4.78 is 4.39. The van der Waals surface area contributed by atoms with E-state index in [-0.39, 0.29) is 17.1 Å². The molecule has 2 aromatic heterocycles. The maximum Gasteiger partial charge on any atom is 0.152 e. The van der Waals surface area contributed by atoms with Gasteiger partial charge in [0.2, 0.25) is 0 Å². The number of hydrogen-bond donors (Lipinski definition) is 0. The maximum absolute atomic E-state index is 5.02. The van der Waals surface area contributed by atoms with Crippen molar-refractivity contribution in [2.24, 2.45) is 5.41 Å². The molecule has 0 spiro atoms. The van der Waals surface area contributed by atoms with Crippen LogP contribution in [-0.4, -0.2) is 43.1 Å². The van der Waals surface area contributed by atoms with Crippen LogP contribution in [0.25, 0.3) is 0 Å². The van der Waals surface area contributed by atoms with E-state index in [0.717, 1.165) is 38.4 Å². The Hall–Kier alpha value is -1.82. The Kier molecular flexibility index (Phi) is 3.95. The molecule has 0 fully saturated rings. The Balaban J connectivity index is 1.67. The van der Waals surface area contributed by atoms with Gasteiger partial charge >= 0.3 is 0 Å². The van der Waals surface area contributed by atoms with Gasteiger partial charge in [0, 0.05) is 60.5 Å². The molecular weight excluding hydrogens is 324 g/mol. The first kappa shape index (κ1) is 17.6. The molecule has 0 saturated heterocycles.